The molecule has 82 valence electrons. The first-order valence-electron chi connectivity index (χ1n) is 5.30. The molecule has 16 heavy (non-hydrogen) atoms. The summed E-state index contributed by atoms with van der Waals surface area (Å²) in [4.78, 5) is 0. The molecule has 0 unspecified atom stereocenters. The number of hydrogen-bond acceptors (Lipinski definition) is 2. The Kier molecular flexibility index (Phi) is 2.14. The van der Waals surface area contributed by atoms with Gasteiger partial charge in [0.25, 0.3) is 0 Å². The zero-order chi connectivity index (χ0) is 11.1. The SMILES string of the molecule is Cn1ncc2c1Nc1cc(Cl)ccc1CC2. The van der Waals surface area contributed by atoms with Crippen molar-refractivity contribution in [2.75, 3.05) is 5.32 Å². The van der Waals surface area contributed by atoms with E-state index >= 15 is 0 Å². The summed E-state index contributed by atoms with van der Waals surface area (Å²) in [7, 11) is 1.95. The van der Waals surface area contributed by atoms with Crippen LogP contribution in [-0.4, -0.2) is 9.78 Å². The van der Waals surface area contributed by atoms with E-state index in [4.69, 9.17) is 11.6 Å². The number of aromatic nitrogens is 2. The van der Waals surface area contributed by atoms with Crippen LogP contribution in [0.5, 0.6) is 0 Å². The fourth-order valence-corrected chi connectivity index (χ4v) is 2.28. The zero-order valence-corrected chi connectivity index (χ0v) is 9.75. The highest BCUT2D eigenvalue weighted by atomic mass is 35.5. The van der Waals surface area contributed by atoms with E-state index in [0.717, 1.165) is 29.4 Å². The summed E-state index contributed by atoms with van der Waals surface area (Å²) in [5, 5.41) is 8.43. The van der Waals surface area contributed by atoms with Gasteiger partial charge in [-0.15, -0.1) is 0 Å². The minimum Gasteiger partial charge on any atom is -0.340 e. The monoisotopic (exact) mass is 233 g/mol. The van der Waals surface area contributed by atoms with Crippen LogP contribution in [0.4, 0.5) is 11.5 Å². The fourth-order valence-electron chi connectivity index (χ4n) is 2.11. The summed E-state index contributed by atoms with van der Waals surface area (Å²) in [5.41, 5.74) is 3.66. The number of halogens is 1. The quantitative estimate of drug-likeness (QED) is 0.758. The minimum absolute atomic E-state index is 0.761. The summed E-state index contributed by atoms with van der Waals surface area (Å²) in [5.74, 6) is 1.07. The normalized spacial score (nSPS) is 13.6. The highest BCUT2D eigenvalue weighted by molar-refractivity contribution is 6.30. The second-order valence-electron chi connectivity index (χ2n) is 4.07. The largest absolute Gasteiger partial charge is 0.340 e. The summed E-state index contributed by atoms with van der Waals surface area (Å²) in [6, 6.07) is 6.00. The number of fused-ring (bicyclic) bond motifs is 2. The van der Waals surface area contributed by atoms with Crippen molar-refractivity contribution in [3.63, 3.8) is 0 Å². The molecule has 0 bridgehead atoms. The maximum Gasteiger partial charge on any atom is 0.131 e. The van der Waals surface area contributed by atoms with Crippen molar-refractivity contribution >= 4 is 23.1 Å². The molecule has 1 aromatic carbocycles. The summed E-state index contributed by atoms with van der Waals surface area (Å²) < 4.78 is 1.87. The maximum absolute atomic E-state index is 6.01. The number of benzene rings is 1. The molecule has 0 saturated carbocycles. The Labute approximate surface area is 99.0 Å². The van der Waals surface area contributed by atoms with Gasteiger partial charge in [0.15, 0.2) is 0 Å². The van der Waals surface area contributed by atoms with Gasteiger partial charge < -0.3 is 5.32 Å². The van der Waals surface area contributed by atoms with E-state index in [-0.39, 0.29) is 0 Å². The number of anilines is 2. The molecular formula is C12H12ClN3. The lowest BCUT2D eigenvalue weighted by Gasteiger charge is -2.09. The van der Waals surface area contributed by atoms with Crippen molar-refractivity contribution in [1.82, 2.24) is 9.78 Å². The van der Waals surface area contributed by atoms with Crippen LogP contribution < -0.4 is 5.32 Å². The van der Waals surface area contributed by atoms with Crippen molar-refractivity contribution in [3.8, 4) is 0 Å². The Morgan fingerprint density at radius 2 is 2.12 bits per heavy atom. The Balaban J connectivity index is 2.11. The highest BCUT2D eigenvalue weighted by Crippen LogP contribution is 2.31. The van der Waals surface area contributed by atoms with Gasteiger partial charge in [-0.05, 0) is 30.5 Å². The molecule has 2 heterocycles. The van der Waals surface area contributed by atoms with Gasteiger partial charge in [0.2, 0.25) is 0 Å². The van der Waals surface area contributed by atoms with Crippen molar-refractivity contribution in [2.24, 2.45) is 7.05 Å². The van der Waals surface area contributed by atoms with Crippen LogP contribution >= 0.6 is 11.6 Å². The van der Waals surface area contributed by atoms with Gasteiger partial charge in [0.1, 0.15) is 5.82 Å². The fraction of sp³-hybridized carbons (Fsp3) is 0.250. The molecule has 1 aliphatic rings. The topological polar surface area (TPSA) is 29.9 Å². The first-order chi connectivity index (χ1) is 7.74. The van der Waals surface area contributed by atoms with Crippen molar-refractivity contribution in [3.05, 3.63) is 40.5 Å². The van der Waals surface area contributed by atoms with Crippen molar-refractivity contribution in [1.29, 1.82) is 0 Å². The van der Waals surface area contributed by atoms with Gasteiger partial charge in [-0.3, -0.25) is 4.68 Å². The van der Waals surface area contributed by atoms with Crippen LogP contribution in [0.1, 0.15) is 11.1 Å². The van der Waals surface area contributed by atoms with Gasteiger partial charge in [-0.1, -0.05) is 17.7 Å². The first kappa shape index (κ1) is 9.73. The van der Waals surface area contributed by atoms with Crippen molar-refractivity contribution in [2.45, 2.75) is 12.8 Å². The van der Waals surface area contributed by atoms with Crippen LogP contribution in [0.2, 0.25) is 5.02 Å². The lowest BCUT2D eigenvalue weighted by Crippen LogP contribution is -2.00. The van der Waals surface area contributed by atoms with E-state index in [0.29, 0.717) is 0 Å². The molecule has 0 saturated heterocycles. The van der Waals surface area contributed by atoms with Crippen LogP contribution in [0.25, 0.3) is 0 Å². The molecule has 0 spiro atoms. The van der Waals surface area contributed by atoms with E-state index in [1.807, 2.05) is 30.1 Å². The number of rotatable bonds is 0. The minimum atomic E-state index is 0.761. The molecule has 0 radical (unpaired) electrons. The van der Waals surface area contributed by atoms with Crippen LogP contribution in [0.15, 0.2) is 24.4 Å². The van der Waals surface area contributed by atoms with Crippen LogP contribution in [0, 0.1) is 0 Å². The Hall–Kier alpha value is -1.48. The standard InChI is InChI=1S/C12H12ClN3/c1-16-12-9(7-14-16)3-2-8-4-5-10(13)6-11(8)15-12/h4-7,15H,2-3H2,1H3. The molecule has 0 fully saturated rings. The second-order valence-corrected chi connectivity index (χ2v) is 4.50. The number of hydrogen-bond donors (Lipinski definition) is 1. The van der Waals surface area contributed by atoms with E-state index in [1.54, 1.807) is 0 Å². The average Bonchev–Trinajstić information content (AvgIpc) is 2.51. The summed E-state index contributed by atoms with van der Waals surface area (Å²) >= 11 is 6.01. The molecule has 3 nitrogen and oxygen atoms in total. The molecule has 0 amide bonds. The van der Waals surface area contributed by atoms with Crippen molar-refractivity contribution < 1.29 is 0 Å². The third-order valence-corrected chi connectivity index (χ3v) is 3.24. The third-order valence-electron chi connectivity index (χ3n) is 3.00. The van der Waals surface area contributed by atoms with E-state index in [2.05, 4.69) is 16.5 Å². The smallest absolute Gasteiger partial charge is 0.131 e. The lowest BCUT2D eigenvalue weighted by atomic mass is 10.1. The van der Waals surface area contributed by atoms with E-state index in [1.165, 1.54) is 11.1 Å². The lowest BCUT2D eigenvalue weighted by molar-refractivity contribution is 0.776. The van der Waals surface area contributed by atoms with Gasteiger partial charge in [0, 0.05) is 23.3 Å². The van der Waals surface area contributed by atoms with E-state index < -0.39 is 0 Å². The third kappa shape index (κ3) is 1.48. The van der Waals surface area contributed by atoms with Crippen LogP contribution in [-0.2, 0) is 19.9 Å². The molecule has 0 atom stereocenters. The Bertz CT molecular complexity index is 545. The van der Waals surface area contributed by atoms with E-state index in [9.17, 15) is 0 Å². The van der Waals surface area contributed by atoms with Gasteiger partial charge in [-0.2, -0.15) is 5.10 Å². The summed E-state index contributed by atoms with van der Waals surface area (Å²) in [6.45, 7) is 0. The molecule has 2 aromatic rings. The first-order valence-corrected chi connectivity index (χ1v) is 5.68. The average molecular weight is 234 g/mol. The van der Waals surface area contributed by atoms with Gasteiger partial charge >= 0.3 is 0 Å². The Morgan fingerprint density at radius 3 is 3.00 bits per heavy atom. The molecule has 1 aromatic heterocycles. The number of nitrogens with zero attached hydrogens (tertiary/aromatic N) is 2. The molecule has 4 heteroatoms. The molecule has 3 rings (SSSR count). The molecule has 1 N–H and O–H groups in total. The van der Waals surface area contributed by atoms with Crippen LogP contribution in [0.3, 0.4) is 0 Å². The predicted octanol–water partition coefficient (Wildman–Crippen LogP) is 2.92. The maximum atomic E-state index is 6.01. The molecule has 0 aliphatic carbocycles. The Morgan fingerprint density at radius 1 is 1.31 bits per heavy atom. The number of aryl methyl sites for hydroxylation is 3. The molecular weight excluding hydrogens is 222 g/mol. The highest BCUT2D eigenvalue weighted by Gasteiger charge is 2.15. The number of nitrogens with one attached hydrogen (secondary N) is 1. The van der Waals surface area contributed by atoms with Gasteiger partial charge in [0.05, 0.1) is 6.20 Å². The second kappa shape index (κ2) is 3.52. The molecule has 1 aliphatic heterocycles. The summed E-state index contributed by atoms with van der Waals surface area (Å²) in [6.07, 6.45) is 3.97. The van der Waals surface area contributed by atoms with Gasteiger partial charge in [-0.25, -0.2) is 0 Å². The predicted molar refractivity (Wildman–Crippen MR) is 65.4 cm³/mol. The zero-order valence-electron chi connectivity index (χ0n) is 9.00.